The van der Waals surface area contributed by atoms with Crippen molar-refractivity contribution in [3.8, 4) is 17.6 Å². The lowest BCUT2D eigenvalue weighted by Crippen LogP contribution is -2.11. The highest BCUT2D eigenvalue weighted by Crippen LogP contribution is 2.24. The number of nitrogens with two attached hydrogens (primary N) is 1. The third-order valence-electron chi connectivity index (χ3n) is 3.51. The Hall–Kier alpha value is -1.50. The van der Waals surface area contributed by atoms with E-state index in [9.17, 15) is 0 Å². The van der Waals surface area contributed by atoms with E-state index in [1.54, 1.807) is 0 Å². The van der Waals surface area contributed by atoms with E-state index in [0.717, 1.165) is 23.8 Å². The summed E-state index contributed by atoms with van der Waals surface area (Å²) < 4.78 is 11.3. The third-order valence-corrected chi connectivity index (χ3v) is 3.51. The van der Waals surface area contributed by atoms with Gasteiger partial charge in [0.1, 0.15) is 12.4 Å². The minimum atomic E-state index is 0.386. The van der Waals surface area contributed by atoms with E-state index in [0.29, 0.717) is 19.8 Å². The van der Waals surface area contributed by atoms with Crippen LogP contribution in [0.5, 0.6) is 5.75 Å². The molecule has 0 unspecified atom stereocenters. The van der Waals surface area contributed by atoms with E-state index in [4.69, 9.17) is 15.2 Å². The molecule has 2 N–H and O–H groups in total. The van der Waals surface area contributed by atoms with Gasteiger partial charge in [-0.2, -0.15) is 0 Å². The third kappa shape index (κ3) is 5.24. The van der Waals surface area contributed by atoms with Crippen LogP contribution in [0, 0.1) is 17.8 Å². The van der Waals surface area contributed by atoms with Crippen molar-refractivity contribution < 1.29 is 9.47 Å². The lowest BCUT2D eigenvalue weighted by atomic mass is 10.1. The second-order valence-corrected chi connectivity index (χ2v) is 5.10. The molecule has 0 heterocycles. The normalized spacial score (nSPS) is 14.8. The Morgan fingerprint density at radius 2 is 1.85 bits per heavy atom. The van der Waals surface area contributed by atoms with E-state index < -0.39 is 0 Å². The summed E-state index contributed by atoms with van der Waals surface area (Å²) in [7, 11) is 0. The largest absolute Gasteiger partial charge is 0.491 e. The van der Waals surface area contributed by atoms with Crippen LogP contribution in [0.1, 0.15) is 31.2 Å². The lowest BCUT2D eigenvalue weighted by molar-refractivity contribution is 0.0754. The SMILES string of the molecule is NCC#Cc1ccc(OCCOCC2CCCC2)cc1. The second kappa shape index (κ2) is 8.63. The molecule has 0 aliphatic heterocycles. The van der Waals surface area contributed by atoms with Crippen LogP contribution in [0.25, 0.3) is 0 Å². The van der Waals surface area contributed by atoms with E-state index in [1.807, 2.05) is 24.3 Å². The molecule has 0 atom stereocenters. The highest BCUT2D eigenvalue weighted by molar-refractivity contribution is 5.38. The van der Waals surface area contributed by atoms with Gasteiger partial charge in [-0.1, -0.05) is 24.7 Å². The zero-order chi connectivity index (χ0) is 14.0. The fraction of sp³-hybridized carbons (Fsp3) is 0.529. The second-order valence-electron chi connectivity index (χ2n) is 5.10. The number of hydrogen-bond donors (Lipinski definition) is 1. The Morgan fingerprint density at radius 3 is 2.55 bits per heavy atom. The lowest BCUT2D eigenvalue weighted by Gasteiger charge is -2.10. The van der Waals surface area contributed by atoms with Gasteiger partial charge in [0.2, 0.25) is 0 Å². The quantitative estimate of drug-likeness (QED) is 0.640. The Kier molecular flexibility index (Phi) is 6.43. The van der Waals surface area contributed by atoms with Crippen LogP contribution in [0.15, 0.2) is 24.3 Å². The predicted molar refractivity (Wildman–Crippen MR) is 80.6 cm³/mol. The van der Waals surface area contributed by atoms with Crippen LogP contribution in [0.4, 0.5) is 0 Å². The number of ether oxygens (including phenoxy) is 2. The van der Waals surface area contributed by atoms with Crippen molar-refractivity contribution in [3.63, 3.8) is 0 Å². The molecule has 1 aliphatic rings. The summed E-state index contributed by atoms with van der Waals surface area (Å²) in [4.78, 5) is 0. The highest BCUT2D eigenvalue weighted by Gasteiger charge is 2.14. The van der Waals surface area contributed by atoms with Gasteiger partial charge in [-0.3, -0.25) is 0 Å². The summed E-state index contributed by atoms with van der Waals surface area (Å²) in [5.74, 6) is 7.44. The first-order valence-corrected chi connectivity index (χ1v) is 7.38. The minimum Gasteiger partial charge on any atom is -0.491 e. The Balaban J connectivity index is 1.61. The van der Waals surface area contributed by atoms with E-state index in [1.165, 1.54) is 25.7 Å². The number of benzene rings is 1. The average molecular weight is 273 g/mol. The van der Waals surface area contributed by atoms with E-state index >= 15 is 0 Å². The Bertz CT molecular complexity index is 438. The molecule has 3 nitrogen and oxygen atoms in total. The van der Waals surface area contributed by atoms with Gasteiger partial charge in [0.15, 0.2) is 0 Å². The molecule has 2 rings (SSSR count). The molecule has 1 saturated carbocycles. The van der Waals surface area contributed by atoms with Gasteiger partial charge in [0.25, 0.3) is 0 Å². The van der Waals surface area contributed by atoms with Crippen molar-refractivity contribution in [1.29, 1.82) is 0 Å². The summed E-state index contributed by atoms with van der Waals surface area (Å²) >= 11 is 0. The van der Waals surface area contributed by atoms with Crippen molar-refractivity contribution in [2.75, 3.05) is 26.4 Å². The van der Waals surface area contributed by atoms with Crippen molar-refractivity contribution >= 4 is 0 Å². The maximum atomic E-state index is 5.65. The summed E-state index contributed by atoms with van der Waals surface area (Å²) in [5, 5.41) is 0. The van der Waals surface area contributed by atoms with Crippen LogP contribution >= 0.6 is 0 Å². The molecule has 1 aromatic carbocycles. The first-order chi connectivity index (χ1) is 9.88. The zero-order valence-electron chi connectivity index (χ0n) is 11.9. The number of hydrogen-bond acceptors (Lipinski definition) is 3. The maximum Gasteiger partial charge on any atom is 0.119 e. The van der Waals surface area contributed by atoms with Gasteiger partial charge >= 0.3 is 0 Å². The molecule has 0 spiro atoms. The van der Waals surface area contributed by atoms with Crippen LogP contribution < -0.4 is 10.5 Å². The average Bonchev–Trinajstić information content (AvgIpc) is 2.99. The molecule has 3 heteroatoms. The van der Waals surface area contributed by atoms with Crippen molar-refractivity contribution in [3.05, 3.63) is 29.8 Å². The molecule has 1 fully saturated rings. The molecular weight excluding hydrogens is 250 g/mol. The van der Waals surface area contributed by atoms with Crippen LogP contribution in [-0.2, 0) is 4.74 Å². The monoisotopic (exact) mass is 273 g/mol. The Labute approximate surface area is 121 Å². The fourth-order valence-electron chi connectivity index (χ4n) is 2.43. The zero-order valence-corrected chi connectivity index (χ0v) is 11.9. The van der Waals surface area contributed by atoms with Gasteiger partial charge in [0, 0.05) is 12.2 Å². The van der Waals surface area contributed by atoms with Gasteiger partial charge < -0.3 is 15.2 Å². The first-order valence-electron chi connectivity index (χ1n) is 7.38. The van der Waals surface area contributed by atoms with Gasteiger partial charge in [-0.15, -0.1) is 0 Å². The van der Waals surface area contributed by atoms with Crippen LogP contribution in [0.2, 0.25) is 0 Å². The molecule has 0 bridgehead atoms. The fourth-order valence-corrected chi connectivity index (χ4v) is 2.43. The maximum absolute atomic E-state index is 5.65. The summed E-state index contributed by atoms with van der Waals surface area (Å²) in [6.45, 7) is 2.53. The molecule has 20 heavy (non-hydrogen) atoms. The molecule has 108 valence electrons. The molecule has 0 radical (unpaired) electrons. The molecule has 1 aliphatic carbocycles. The van der Waals surface area contributed by atoms with Crippen molar-refractivity contribution in [2.24, 2.45) is 11.7 Å². The molecule has 0 aromatic heterocycles. The molecule has 1 aromatic rings. The summed E-state index contributed by atoms with van der Waals surface area (Å²) in [6.07, 6.45) is 5.38. The molecule has 0 amide bonds. The predicted octanol–water partition coefficient (Wildman–Crippen LogP) is 2.58. The molecule has 0 saturated heterocycles. The van der Waals surface area contributed by atoms with Gasteiger partial charge in [0.05, 0.1) is 13.2 Å². The van der Waals surface area contributed by atoms with Crippen LogP contribution in [-0.4, -0.2) is 26.4 Å². The topological polar surface area (TPSA) is 44.5 Å². The van der Waals surface area contributed by atoms with Crippen molar-refractivity contribution in [2.45, 2.75) is 25.7 Å². The van der Waals surface area contributed by atoms with Gasteiger partial charge in [-0.05, 0) is 43.0 Å². The highest BCUT2D eigenvalue weighted by atomic mass is 16.5. The number of rotatable bonds is 6. The summed E-state index contributed by atoms with van der Waals surface area (Å²) in [6, 6.07) is 7.74. The van der Waals surface area contributed by atoms with Crippen LogP contribution in [0.3, 0.4) is 0 Å². The molecular formula is C17H23NO2. The van der Waals surface area contributed by atoms with Gasteiger partial charge in [-0.25, -0.2) is 0 Å². The Morgan fingerprint density at radius 1 is 1.10 bits per heavy atom. The van der Waals surface area contributed by atoms with Crippen molar-refractivity contribution in [1.82, 2.24) is 0 Å². The summed E-state index contributed by atoms with van der Waals surface area (Å²) in [5.41, 5.74) is 6.29. The first kappa shape index (κ1) is 14.9. The standard InChI is InChI=1S/C17H23NO2/c18-11-3-6-15-7-9-17(10-8-15)20-13-12-19-14-16-4-1-2-5-16/h7-10,16H,1-2,4-5,11-14,18H2. The van der Waals surface area contributed by atoms with E-state index in [-0.39, 0.29) is 0 Å². The minimum absolute atomic E-state index is 0.386. The van der Waals surface area contributed by atoms with E-state index in [2.05, 4.69) is 11.8 Å². The smallest absolute Gasteiger partial charge is 0.119 e.